The Hall–Kier alpha value is -1.84. The highest BCUT2D eigenvalue weighted by atomic mass is 16.4. The van der Waals surface area contributed by atoms with E-state index in [1.807, 2.05) is 6.92 Å². The summed E-state index contributed by atoms with van der Waals surface area (Å²) in [5.41, 5.74) is 1.68. The number of carbonyl (C=O) groups excluding carboxylic acids is 1. The van der Waals surface area contributed by atoms with Gasteiger partial charge >= 0.3 is 5.97 Å². The van der Waals surface area contributed by atoms with Crippen LogP contribution in [0.1, 0.15) is 49.0 Å². The molecule has 1 aliphatic carbocycles. The molecule has 1 aromatic rings. The van der Waals surface area contributed by atoms with E-state index in [1.165, 1.54) is 6.07 Å². The lowest BCUT2D eigenvalue weighted by molar-refractivity contribution is -0.122. The number of aryl methyl sites for hydroxylation is 1. The maximum Gasteiger partial charge on any atom is 0.335 e. The highest BCUT2D eigenvalue weighted by Gasteiger charge is 2.39. The molecule has 0 spiro atoms. The Bertz CT molecular complexity index is 549. The number of rotatable bonds is 3. The number of benzene rings is 1. The van der Waals surface area contributed by atoms with Crippen molar-refractivity contribution >= 4 is 17.6 Å². The monoisotopic (exact) mass is 275 g/mol. The van der Waals surface area contributed by atoms with Gasteiger partial charge < -0.3 is 10.4 Å². The molecule has 0 bridgehead atoms. The molecule has 4 heteroatoms. The fraction of sp³-hybridized carbons (Fsp3) is 0.500. The second-order valence-electron chi connectivity index (χ2n) is 6.26. The van der Waals surface area contributed by atoms with Gasteiger partial charge in [-0.2, -0.15) is 0 Å². The van der Waals surface area contributed by atoms with Crippen LogP contribution in [-0.2, 0) is 4.79 Å². The number of nitrogens with one attached hydrogen (secondary N) is 1. The zero-order chi connectivity index (χ0) is 14.9. The first-order chi connectivity index (χ1) is 9.31. The van der Waals surface area contributed by atoms with E-state index < -0.39 is 5.97 Å². The van der Waals surface area contributed by atoms with Gasteiger partial charge in [-0.05, 0) is 42.9 Å². The van der Waals surface area contributed by atoms with Crippen LogP contribution in [0.3, 0.4) is 0 Å². The second kappa shape index (κ2) is 5.27. The fourth-order valence-electron chi connectivity index (χ4n) is 2.92. The molecule has 1 aromatic carbocycles. The van der Waals surface area contributed by atoms with Crippen molar-refractivity contribution in [1.29, 1.82) is 0 Å². The van der Waals surface area contributed by atoms with Gasteiger partial charge in [-0.1, -0.05) is 26.3 Å². The number of hydrogen-bond acceptors (Lipinski definition) is 2. The van der Waals surface area contributed by atoms with Crippen molar-refractivity contribution in [2.45, 2.75) is 40.0 Å². The maximum absolute atomic E-state index is 12.4. The summed E-state index contributed by atoms with van der Waals surface area (Å²) in [5.74, 6) is -0.991. The molecule has 1 unspecified atom stereocenters. The summed E-state index contributed by atoms with van der Waals surface area (Å²) in [7, 11) is 0. The SMILES string of the molecule is Cc1ccc(C(=O)O)cc1NC(=O)C1CCCC1(C)C. The van der Waals surface area contributed by atoms with Crippen LogP contribution in [0.4, 0.5) is 5.69 Å². The first kappa shape index (κ1) is 14.6. The summed E-state index contributed by atoms with van der Waals surface area (Å²) in [5, 5.41) is 11.9. The quantitative estimate of drug-likeness (QED) is 0.887. The van der Waals surface area contributed by atoms with Crippen LogP contribution in [-0.4, -0.2) is 17.0 Å². The maximum atomic E-state index is 12.4. The molecular formula is C16H21NO3. The lowest BCUT2D eigenvalue weighted by atomic mass is 9.81. The van der Waals surface area contributed by atoms with E-state index >= 15 is 0 Å². The molecule has 0 aromatic heterocycles. The van der Waals surface area contributed by atoms with E-state index in [2.05, 4.69) is 19.2 Å². The summed E-state index contributed by atoms with van der Waals surface area (Å²) in [6.45, 7) is 6.09. The molecule has 108 valence electrons. The zero-order valence-electron chi connectivity index (χ0n) is 12.2. The third-order valence-electron chi connectivity index (χ3n) is 4.32. The molecule has 4 nitrogen and oxygen atoms in total. The molecule has 1 atom stereocenters. The average molecular weight is 275 g/mol. The lowest BCUT2D eigenvalue weighted by Gasteiger charge is -2.26. The van der Waals surface area contributed by atoms with Crippen molar-refractivity contribution < 1.29 is 14.7 Å². The molecule has 2 N–H and O–H groups in total. The summed E-state index contributed by atoms with van der Waals surface area (Å²) in [6, 6.07) is 4.79. The standard InChI is InChI=1S/C16H21NO3/c1-10-6-7-11(15(19)20)9-13(10)17-14(18)12-5-4-8-16(12,2)3/h6-7,9,12H,4-5,8H2,1-3H3,(H,17,18)(H,19,20). The molecule has 0 aliphatic heterocycles. The van der Waals surface area contributed by atoms with E-state index in [4.69, 9.17) is 5.11 Å². The Morgan fingerprint density at radius 2 is 2.05 bits per heavy atom. The van der Waals surface area contributed by atoms with E-state index in [0.717, 1.165) is 24.8 Å². The molecule has 2 rings (SSSR count). The van der Waals surface area contributed by atoms with Crippen LogP contribution in [0.2, 0.25) is 0 Å². The molecular weight excluding hydrogens is 254 g/mol. The lowest BCUT2D eigenvalue weighted by Crippen LogP contribution is -2.31. The summed E-state index contributed by atoms with van der Waals surface area (Å²) in [6.07, 6.45) is 3.02. The molecule has 20 heavy (non-hydrogen) atoms. The third kappa shape index (κ3) is 2.84. The van der Waals surface area contributed by atoms with Crippen molar-refractivity contribution in [3.05, 3.63) is 29.3 Å². The van der Waals surface area contributed by atoms with Gasteiger partial charge in [0.1, 0.15) is 0 Å². The average Bonchev–Trinajstić information content (AvgIpc) is 2.71. The van der Waals surface area contributed by atoms with Gasteiger partial charge in [0.25, 0.3) is 0 Å². The topological polar surface area (TPSA) is 66.4 Å². The zero-order valence-corrected chi connectivity index (χ0v) is 12.2. The van der Waals surface area contributed by atoms with E-state index in [0.29, 0.717) is 5.69 Å². The molecule has 1 aliphatic rings. The van der Waals surface area contributed by atoms with Gasteiger partial charge in [0, 0.05) is 11.6 Å². The smallest absolute Gasteiger partial charge is 0.335 e. The van der Waals surface area contributed by atoms with Crippen LogP contribution in [0.5, 0.6) is 0 Å². The normalized spacial score (nSPS) is 20.6. The highest BCUT2D eigenvalue weighted by Crippen LogP contribution is 2.43. The first-order valence-corrected chi connectivity index (χ1v) is 6.96. The van der Waals surface area contributed by atoms with Gasteiger partial charge in [-0.15, -0.1) is 0 Å². The Morgan fingerprint density at radius 3 is 2.60 bits per heavy atom. The minimum atomic E-state index is -0.985. The van der Waals surface area contributed by atoms with Gasteiger partial charge in [-0.25, -0.2) is 4.79 Å². The summed E-state index contributed by atoms with van der Waals surface area (Å²) in [4.78, 5) is 23.4. The molecule has 1 amide bonds. The highest BCUT2D eigenvalue weighted by molar-refractivity contribution is 5.96. The van der Waals surface area contributed by atoms with Gasteiger partial charge in [0.15, 0.2) is 0 Å². The van der Waals surface area contributed by atoms with Crippen molar-refractivity contribution in [2.75, 3.05) is 5.32 Å². The molecule has 0 saturated heterocycles. The molecule has 1 saturated carbocycles. The van der Waals surface area contributed by atoms with Crippen LogP contribution < -0.4 is 5.32 Å². The number of aromatic carboxylic acids is 1. The minimum Gasteiger partial charge on any atom is -0.478 e. The fourth-order valence-corrected chi connectivity index (χ4v) is 2.92. The number of carboxylic acids is 1. The van der Waals surface area contributed by atoms with Crippen LogP contribution in [0.15, 0.2) is 18.2 Å². The Labute approximate surface area is 119 Å². The Balaban J connectivity index is 2.19. The third-order valence-corrected chi connectivity index (χ3v) is 4.32. The van der Waals surface area contributed by atoms with Gasteiger partial charge in [0.05, 0.1) is 5.56 Å². The minimum absolute atomic E-state index is 0.00172. The second-order valence-corrected chi connectivity index (χ2v) is 6.26. The largest absolute Gasteiger partial charge is 0.478 e. The van der Waals surface area contributed by atoms with Crippen LogP contribution >= 0.6 is 0 Å². The summed E-state index contributed by atoms with van der Waals surface area (Å²) < 4.78 is 0. The van der Waals surface area contributed by atoms with E-state index in [1.54, 1.807) is 12.1 Å². The molecule has 0 radical (unpaired) electrons. The van der Waals surface area contributed by atoms with Crippen LogP contribution in [0.25, 0.3) is 0 Å². The van der Waals surface area contributed by atoms with Gasteiger partial charge in [-0.3, -0.25) is 4.79 Å². The van der Waals surface area contributed by atoms with Crippen molar-refractivity contribution in [1.82, 2.24) is 0 Å². The molecule has 1 fully saturated rings. The van der Waals surface area contributed by atoms with Crippen molar-refractivity contribution in [3.63, 3.8) is 0 Å². The predicted molar refractivity (Wildman–Crippen MR) is 77.9 cm³/mol. The van der Waals surface area contributed by atoms with Gasteiger partial charge in [0.2, 0.25) is 5.91 Å². The van der Waals surface area contributed by atoms with E-state index in [-0.39, 0.29) is 22.8 Å². The predicted octanol–water partition coefficient (Wildman–Crippen LogP) is 3.46. The number of carbonyl (C=O) groups is 2. The summed E-state index contributed by atoms with van der Waals surface area (Å²) >= 11 is 0. The number of hydrogen-bond donors (Lipinski definition) is 2. The van der Waals surface area contributed by atoms with Crippen LogP contribution in [0, 0.1) is 18.3 Å². The Kier molecular flexibility index (Phi) is 3.84. The Morgan fingerprint density at radius 1 is 1.35 bits per heavy atom. The van der Waals surface area contributed by atoms with Crippen molar-refractivity contribution in [3.8, 4) is 0 Å². The van der Waals surface area contributed by atoms with Crippen molar-refractivity contribution in [2.24, 2.45) is 11.3 Å². The number of anilines is 1. The first-order valence-electron chi connectivity index (χ1n) is 6.96. The number of amides is 1. The number of carboxylic acid groups (broad SMARTS) is 1. The van der Waals surface area contributed by atoms with E-state index in [9.17, 15) is 9.59 Å². The molecule has 0 heterocycles.